The van der Waals surface area contributed by atoms with Crippen molar-refractivity contribution in [1.29, 1.82) is 0 Å². The van der Waals surface area contributed by atoms with Crippen LogP contribution in [0.25, 0.3) is 0 Å². The van der Waals surface area contributed by atoms with Crippen LogP contribution in [0.3, 0.4) is 0 Å². The molecule has 1 rings (SSSR count). The van der Waals surface area contributed by atoms with E-state index >= 15 is 0 Å². The van der Waals surface area contributed by atoms with Gasteiger partial charge < -0.3 is 10.4 Å². The third kappa shape index (κ3) is 1.63. The number of carbonyl (C=O) groups is 1. The van der Waals surface area contributed by atoms with Gasteiger partial charge >= 0.3 is 12.1 Å². The van der Waals surface area contributed by atoms with E-state index in [1.165, 1.54) is 0 Å². The maximum absolute atomic E-state index is 12.3. The molecule has 0 amide bonds. The average Bonchev–Trinajstić information content (AvgIpc) is 2.31. The van der Waals surface area contributed by atoms with Gasteiger partial charge in [-0.2, -0.15) is 13.2 Å². The molecule has 6 heteroatoms. The van der Waals surface area contributed by atoms with Crippen molar-refractivity contribution in [2.75, 3.05) is 13.1 Å². The van der Waals surface area contributed by atoms with E-state index in [9.17, 15) is 18.0 Å². The highest BCUT2D eigenvalue weighted by Gasteiger charge is 2.57. The fourth-order valence-electron chi connectivity index (χ4n) is 1.53. The molecule has 1 aliphatic heterocycles. The van der Waals surface area contributed by atoms with Gasteiger partial charge in [0.05, 0.1) is 11.3 Å². The Kier molecular flexibility index (Phi) is 2.27. The summed E-state index contributed by atoms with van der Waals surface area (Å²) in [6, 6.07) is 0. The Morgan fingerprint density at radius 3 is 2.46 bits per heavy atom. The maximum Gasteiger partial charge on any atom is 0.394 e. The first kappa shape index (κ1) is 10.3. The van der Waals surface area contributed by atoms with Crippen molar-refractivity contribution in [3.63, 3.8) is 0 Å². The number of carboxylic acid groups (broad SMARTS) is 1. The summed E-state index contributed by atoms with van der Waals surface area (Å²) in [5.74, 6) is -3.20. The molecule has 2 atom stereocenters. The van der Waals surface area contributed by atoms with E-state index in [-0.39, 0.29) is 13.1 Å². The van der Waals surface area contributed by atoms with Crippen LogP contribution >= 0.6 is 0 Å². The molecule has 76 valence electrons. The van der Waals surface area contributed by atoms with Gasteiger partial charge in [0.25, 0.3) is 0 Å². The number of hydrogen-bond acceptors (Lipinski definition) is 2. The molecule has 0 aromatic carbocycles. The Labute approximate surface area is 72.9 Å². The Balaban J connectivity index is 2.93. The van der Waals surface area contributed by atoms with E-state index in [2.05, 4.69) is 5.32 Å². The van der Waals surface area contributed by atoms with Gasteiger partial charge in [-0.05, 0) is 6.92 Å². The Morgan fingerprint density at radius 2 is 2.15 bits per heavy atom. The van der Waals surface area contributed by atoms with Gasteiger partial charge in [0.1, 0.15) is 0 Å². The number of halogens is 3. The van der Waals surface area contributed by atoms with Crippen LogP contribution in [0.5, 0.6) is 0 Å². The summed E-state index contributed by atoms with van der Waals surface area (Å²) in [6.45, 7) is 0.673. The minimum atomic E-state index is -4.45. The van der Waals surface area contributed by atoms with Crippen molar-refractivity contribution in [2.45, 2.75) is 13.1 Å². The van der Waals surface area contributed by atoms with Crippen molar-refractivity contribution >= 4 is 5.97 Å². The van der Waals surface area contributed by atoms with Crippen molar-refractivity contribution < 1.29 is 23.1 Å². The summed E-state index contributed by atoms with van der Waals surface area (Å²) < 4.78 is 36.9. The van der Waals surface area contributed by atoms with E-state index < -0.39 is 23.5 Å². The van der Waals surface area contributed by atoms with Crippen molar-refractivity contribution in [2.24, 2.45) is 11.3 Å². The molecular formula is C7H10F3NO2. The SMILES string of the molecule is C[C@@]1(C(=O)O)CNC[C@@H]1C(F)(F)F. The molecule has 0 aliphatic carbocycles. The summed E-state index contributed by atoms with van der Waals surface area (Å²) in [4.78, 5) is 10.6. The lowest BCUT2D eigenvalue weighted by molar-refractivity contribution is -0.201. The van der Waals surface area contributed by atoms with Gasteiger partial charge in [-0.1, -0.05) is 0 Å². The Hall–Kier alpha value is -0.780. The summed E-state index contributed by atoms with van der Waals surface area (Å²) in [7, 11) is 0. The summed E-state index contributed by atoms with van der Waals surface area (Å²) >= 11 is 0. The number of rotatable bonds is 1. The molecule has 0 aromatic heterocycles. The molecule has 1 saturated heterocycles. The van der Waals surface area contributed by atoms with Gasteiger partial charge in [-0.15, -0.1) is 0 Å². The van der Waals surface area contributed by atoms with Gasteiger partial charge in [-0.25, -0.2) is 0 Å². The molecule has 0 bridgehead atoms. The standard InChI is InChI=1S/C7H10F3NO2/c1-6(5(12)13)3-11-2-4(6)7(8,9)10/h4,11H,2-3H2,1H3,(H,12,13)/t4-,6+/m0/s1. The monoisotopic (exact) mass is 197 g/mol. The highest BCUT2D eigenvalue weighted by Crippen LogP contribution is 2.42. The molecule has 1 aliphatic rings. The molecule has 2 N–H and O–H groups in total. The second-order valence-electron chi connectivity index (χ2n) is 3.45. The lowest BCUT2D eigenvalue weighted by atomic mass is 9.79. The van der Waals surface area contributed by atoms with E-state index in [1.54, 1.807) is 0 Å². The Bertz CT molecular complexity index is 228. The lowest BCUT2D eigenvalue weighted by Crippen LogP contribution is -2.42. The first-order valence-corrected chi connectivity index (χ1v) is 3.79. The fourth-order valence-corrected chi connectivity index (χ4v) is 1.53. The van der Waals surface area contributed by atoms with Gasteiger partial charge in [0, 0.05) is 13.1 Å². The second-order valence-corrected chi connectivity index (χ2v) is 3.45. The minimum Gasteiger partial charge on any atom is -0.481 e. The molecule has 0 saturated carbocycles. The summed E-state index contributed by atoms with van der Waals surface area (Å²) in [5, 5.41) is 11.1. The third-order valence-corrected chi connectivity index (χ3v) is 2.49. The highest BCUT2D eigenvalue weighted by atomic mass is 19.4. The van der Waals surface area contributed by atoms with Crippen LogP contribution < -0.4 is 5.32 Å². The summed E-state index contributed by atoms with van der Waals surface area (Å²) in [5.41, 5.74) is -1.72. The van der Waals surface area contributed by atoms with Crippen LogP contribution in [0.2, 0.25) is 0 Å². The molecule has 0 radical (unpaired) electrons. The quantitative estimate of drug-likeness (QED) is 0.655. The average molecular weight is 197 g/mol. The fraction of sp³-hybridized carbons (Fsp3) is 0.857. The van der Waals surface area contributed by atoms with E-state index in [0.717, 1.165) is 6.92 Å². The van der Waals surface area contributed by atoms with E-state index in [4.69, 9.17) is 5.11 Å². The maximum atomic E-state index is 12.3. The predicted molar refractivity (Wildman–Crippen MR) is 38.2 cm³/mol. The van der Waals surface area contributed by atoms with Crippen molar-refractivity contribution in [3.05, 3.63) is 0 Å². The zero-order valence-electron chi connectivity index (χ0n) is 6.98. The minimum absolute atomic E-state index is 0.132. The number of alkyl halides is 3. The number of hydrogen-bond donors (Lipinski definition) is 2. The van der Waals surface area contributed by atoms with Gasteiger partial charge in [-0.3, -0.25) is 4.79 Å². The second kappa shape index (κ2) is 2.87. The molecule has 13 heavy (non-hydrogen) atoms. The zero-order valence-corrected chi connectivity index (χ0v) is 6.98. The molecule has 0 spiro atoms. The van der Waals surface area contributed by atoms with Crippen LogP contribution in [0.4, 0.5) is 13.2 Å². The largest absolute Gasteiger partial charge is 0.481 e. The smallest absolute Gasteiger partial charge is 0.394 e. The van der Waals surface area contributed by atoms with Gasteiger partial charge in [0.15, 0.2) is 0 Å². The molecule has 1 heterocycles. The number of carboxylic acids is 1. The zero-order chi connectivity index (χ0) is 10.3. The Morgan fingerprint density at radius 1 is 1.62 bits per heavy atom. The topological polar surface area (TPSA) is 49.3 Å². The lowest BCUT2D eigenvalue weighted by Gasteiger charge is -2.27. The molecule has 1 fully saturated rings. The normalized spacial score (nSPS) is 34.9. The molecule has 3 nitrogen and oxygen atoms in total. The summed E-state index contributed by atoms with van der Waals surface area (Å²) in [6.07, 6.45) is -4.45. The van der Waals surface area contributed by atoms with Crippen LogP contribution in [-0.4, -0.2) is 30.3 Å². The van der Waals surface area contributed by atoms with Crippen LogP contribution in [0.1, 0.15) is 6.92 Å². The predicted octanol–water partition coefficient (Wildman–Crippen LogP) is 0.859. The van der Waals surface area contributed by atoms with E-state index in [1.807, 2.05) is 0 Å². The first-order valence-electron chi connectivity index (χ1n) is 3.79. The number of aliphatic carboxylic acids is 1. The van der Waals surface area contributed by atoms with E-state index in [0.29, 0.717) is 0 Å². The molecule has 0 unspecified atom stereocenters. The van der Waals surface area contributed by atoms with Crippen LogP contribution in [-0.2, 0) is 4.79 Å². The van der Waals surface area contributed by atoms with Crippen molar-refractivity contribution in [1.82, 2.24) is 5.32 Å². The van der Waals surface area contributed by atoms with Crippen LogP contribution in [0.15, 0.2) is 0 Å². The van der Waals surface area contributed by atoms with Crippen LogP contribution in [0, 0.1) is 11.3 Å². The number of nitrogens with one attached hydrogen (secondary N) is 1. The van der Waals surface area contributed by atoms with Crippen molar-refractivity contribution in [3.8, 4) is 0 Å². The molecule has 0 aromatic rings. The first-order chi connectivity index (χ1) is 5.78. The highest BCUT2D eigenvalue weighted by molar-refractivity contribution is 5.75. The van der Waals surface area contributed by atoms with Gasteiger partial charge in [0.2, 0.25) is 0 Å². The molecular weight excluding hydrogens is 187 g/mol. The third-order valence-electron chi connectivity index (χ3n) is 2.49.